The third-order valence-corrected chi connectivity index (χ3v) is 6.78. The first-order valence-corrected chi connectivity index (χ1v) is 12.4. The molecule has 1 amide bonds. The van der Waals surface area contributed by atoms with Crippen molar-refractivity contribution in [2.45, 2.75) is 12.8 Å². The highest BCUT2D eigenvalue weighted by molar-refractivity contribution is 7.92. The van der Waals surface area contributed by atoms with E-state index in [0.29, 0.717) is 36.6 Å². The van der Waals surface area contributed by atoms with E-state index in [1.54, 1.807) is 31.4 Å². The third kappa shape index (κ3) is 6.27. The number of carbonyl (C=O) groups excluding carboxylic acids is 1. The zero-order valence-corrected chi connectivity index (χ0v) is 19.4. The lowest BCUT2D eigenvalue weighted by Crippen LogP contribution is -2.48. The molecule has 3 rings (SSSR count). The summed E-state index contributed by atoms with van der Waals surface area (Å²) in [7, 11) is -1.80. The number of nitrogens with zero attached hydrogens (tertiary/aromatic N) is 3. The second-order valence-electron chi connectivity index (χ2n) is 7.48. The fourth-order valence-electron chi connectivity index (χ4n) is 3.63. The van der Waals surface area contributed by atoms with Gasteiger partial charge in [-0.05, 0) is 55.0 Å². The Morgan fingerprint density at radius 1 is 1.03 bits per heavy atom. The minimum absolute atomic E-state index is 0.0546. The Morgan fingerprint density at radius 3 is 2.19 bits per heavy atom. The number of halogens is 1. The van der Waals surface area contributed by atoms with E-state index in [4.69, 9.17) is 16.3 Å². The Hall–Kier alpha value is -2.45. The lowest BCUT2D eigenvalue weighted by atomic mass is 10.2. The van der Waals surface area contributed by atoms with Crippen LogP contribution in [0, 0.1) is 0 Å². The van der Waals surface area contributed by atoms with Gasteiger partial charge in [0.05, 0.1) is 19.1 Å². The van der Waals surface area contributed by atoms with Gasteiger partial charge in [0, 0.05) is 49.9 Å². The number of benzene rings is 2. The van der Waals surface area contributed by atoms with Crippen LogP contribution in [-0.2, 0) is 14.8 Å². The molecule has 2 aromatic rings. The first-order valence-electron chi connectivity index (χ1n) is 10.2. The van der Waals surface area contributed by atoms with Crippen LogP contribution >= 0.6 is 11.6 Å². The largest absolute Gasteiger partial charge is 0.497 e. The smallest absolute Gasteiger partial charge is 0.232 e. The number of ether oxygens (including phenoxy) is 1. The van der Waals surface area contributed by atoms with Crippen molar-refractivity contribution < 1.29 is 17.9 Å². The maximum absolute atomic E-state index is 12.6. The van der Waals surface area contributed by atoms with E-state index in [1.807, 2.05) is 29.2 Å². The second kappa shape index (κ2) is 10.2. The first kappa shape index (κ1) is 23.2. The Labute approximate surface area is 189 Å². The topological polar surface area (TPSA) is 70.2 Å². The molecule has 0 spiro atoms. The van der Waals surface area contributed by atoms with Crippen molar-refractivity contribution in [1.29, 1.82) is 0 Å². The summed E-state index contributed by atoms with van der Waals surface area (Å²) in [5.41, 5.74) is 1.66. The highest BCUT2D eigenvalue weighted by Gasteiger charge is 2.22. The Kier molecular flexibility index (Phi) is 7.67. The van der Waals surface area contributed by atoms with Crippen molar-refractivity contribution in [2.24, 2.45) is 0 Å². The molecule has 31 heavy (non-hydrogen) atoms. The average Bonchev–Trinajstić information content (AvgIpc) is 2.77. The van der Waals surface area contributed by atoms with Crippen LogP contribution < -0.4 is 13.9 Å². The fraction of sp³-hybridized carbons (Fsp3) is 0.409. The fourth-order valence-corrected chi connectivity index (χ4v) is 4.72. The zero-order chi connectivity index (χ0) is 22.4. The van der Waals surface area contributed by atoms with Gasteiger partial charge in [0.15, 0.2) is 0 Å². The molecule has 0 atom stereocenters. The molecule has 0 bridgehead atoms. The predicted molar refractivity (Wildman–Crippen MR) is 125 cm³/mol. The maximum atomic E-state index is 12.6. The van der Waals surface area contributed by atoms with Crippen LogP contribution in [0.15, 0.2) is 48.5 Å². The number of hydrogen-bond acceptors (Lipinski definition) is 5. The van der Waals surface area contributed by atoms with Crippen LogP contribution in [-0.4, -0.2) is 65.3 Å². The van der Waals surface area contributed by atoms with E-state index in [0.717, 1.165) is 24.5 Å². The normalized spacial score (nSPS) is 14.4. The summed E-state index contributed by atoms with van der Waals surface area (Å²) in [6.07, 6.45) is 1.93. The quantitative estimate of drug-likeness (QED) is 0.598. The summed E-state index contributed by atoms with van der Waals surface area (Å²) in [6.45, 7) is 3.07. The molecule has 0 unspecified atom stereocenters. The van der Waals surface area contributed by atoms with E-state index >= 15 is 0 Å². The zero-order valence-electron chi connectivity index (χ0n) is 17.8. The van der Waals surface area contributed by atoms with E-state index in [1.165, 1.54) is 10.6 Å². The summed E-state index contributed by atoms with van der Waals surface area (Å²) in [5, 5.41) is 0.543. The summed E-state index contributed by atoms with van der Waals surface area (Å²) < 4.78 is 30.9. The van der Waals surface area contributed by atoms with Crippen molar-refractivity contribution in [1.82, 2.24) is 4.90 Å². The number of hydrogen-bond donors (Lipinski definition) is 0. The predicted octanol–water partition coefficient (Wildman–Crippen LogP) is 3.24. The van der Waals surface area contributed by atoms with Crippen molar-refractivity contribution in [2.75, 3.05) is 55.3 Å². The summed E-state index contributed by atoms with van der Waals surface area (Å²) in [5.74, 6) is 0.873. The molecule has 1 aliphatic heterocycles. The maximum Gasteiger partial charge on any atom is 0.232 e. The van der Waals surface area contributed by atoms with Crippen molar-refractivity contribution in [3.8, 4) is 5.75 Å². The molecular formula is C22H28ClN3O4S. The van der Waals surface area contributed by atoms with Gasteiger partial charge in [-0.25, -0.2) is 8.42 Å². The van der Waals surface area contributed by atoms with Gasteiger partial charge in [-0.1, -0.05) is 11.6 Å². The number of sulfonamides is 1. The van der Waals surface area contributed by atoms with Crippen molar-refractivity contribution >= 4 is 38.9 Å². The molecule has 1 heterocycles. The molecule has 0 N–H and O–H groups in total. The van der Waals surface area contributed by atoms with Crippen molar-refractivity contribution in [3.05, 3.63) is 53.6 Å². The van der Waals surface area contributed by atoms with E-state index in [-0.39, 0.29) is 12.5 Å². The summed E-state index contributed by atoms with van der Waals surface area (Å²) >= 11 is 5.90. The van der Waals surface area contributed by atoms with E-state index in [9.17, 15) is 13.2 Å². The van der Waals surface area contributed by atoms with Gasteiger partial charge in [-0.2, -0.15) is 0 Å². The molecule has 1 saturated heterocycles. The van der Waals surface area contributed by atoms with E-state index in [2.05, 4.69) is 4.90 Å². The minimum atomic E-state index is -3.45. The molecular weight excluding hydrogens is 438 g/mol. The number of methoxy groups -OCH3 is 1. The van der Waals surface area contributed by atoms with Crippen LogP contribution in [0.2, 0.25) is 5.02 Å². The highest BCUT2D eigenvalue weighted by Crippen LogP contribution is 2.22. The Bertz CT molecular complexity index is 973. The molecule has 0 radical (unpaired) electrons. The SMILES string of the molecule is COc1ccc(N2CCN(C(=O)CCCN(c3ccc(Cl)cc3)S(C)(=O)=O)CC2)cc1. The van der Waals surface area contributed by atoms with Gasteiger partial charge in [-0.15, -0.1) is 0 Å². The van der Waals surface area contributed by atoms with Crippen LogP contribution in [0.3, 0.4) is 0 Å². The first-order chi connectivity index (χ1) is 14.8. The molecule has 1 aliphatic rings. The molecule has 2 aromatic carbocycles. The van der Waals surface area contributed by atoms with Gasteiger partial charge in [-0.3, -0.25) is 9.10 Å². The standard InChI is InChI=1S/C22H28ClN3O4S/c1-30-21-11-9-19(10-12-21)24-14-16-25(17-15-24)22(27)4-3-13-26(31(2,28)29)20-7-5-18(23)6-8-20/h5-12H,3-4,13-17H2,1-2H3. The Morgan fingerprint density at radius 2 is 1.65 bits per heavy atom. The third-order valence-electron chi connectivity index (χ3n) is 5.34. The van der Waals surface area contributed by atoms with Crippen LogP contribution in [0.1, 0.15) is 12.8 Å². The molecule has 7 nitrogen and oxygen atoms in total. The van der Waals surface area contributed by atoms with Gasteiger partial charge in [0.25, 0.3) is 0 Å². The van der Waals surface area contributed by atoms with Crippen LogP contribution in [0.4, 0.5) is 11.4 Å². The number of rotatable bonds is 8. The van der Waals surface area contributed by atoms with Crippen molar-refractivity contribution in [3.63, 3.8) is 0 Å². The molecule has 0 saturated carbocycles. The molecule has 9 heteroatoms. The number of anilines is 2. The Balaban J connectivity index is 1.49. The van der Waals surface area contributed by atoms with Gasteiger partial charge < -0.3 is 14.5 Å². The van der Waals surface area contributed by atoms with Gasteiger partial charge in [0.2, 0.25) is 15.9 Å². The van der Waals surface area contributed by atoms with Crippen LogP contribution in [0.25, 0.3) is 0 Å². The summed E-state index contributed by atoms with van der Waals surface area (Å²) in [4.78, 5) is 16.7. The number of piperazine rings is 1. The molecule has 1 fully saturated rings. The molecule has 0 aromatic heterocycles. The number of carbonyl (C=O) groups is 1. The average molecular weight is 466 g/mol. The summed E-state index contributed by atoms with van der Waals surface area (Å²) in [6, 6.07) is 14.6. The highest BCUT2D eigenvalue weighted by atomic mass is 35.5. The monoisotopic (exact) mass is 465 g/mol. The van der Waals surface area contributed by atoms with Gasteiger partial charge >= 0.3 is 0 Å². The minimum Gasteiger partial charge on any atom is -0.497 e. The second-order valence-corrected chi connectivity index (χ2v) is 9.82. The molecule has 0 aliphatic carbocycles. The van der Waals surface area contributed by atoms with E-state index < -0.39 is 10.0 Å². The lowest BCUT2D eigenvalue weighted by molar-refractivity contribution is -0.131. The van der Waals surface area contributed by atoms with Crippen LogP contribution in [0.5, 0.6) is 5.75 Å². The molecule has 168 valence electrons. The number of amides is 1. The van der Waals surface area contributed by atoms with Gasteiger partial charge in [0.1, 0.15) is 5.75 Å². The lowest BCUT2D eigenvalue weighted by Gasteiger charge is -2.36.